The van der Waals surface area contributed by atoms with Gasteiger partial charge in [0.05, 0.1) is 11.7 Å². The molecule has 7 heteroatoms. The van der Waals surface area contributed by atoms with E-state index in [1.807, 2.05) is 20.8 Å². The van der Waals surface area contributed by atoms with E-state index in [-0.39, 0.29) is 6.09 Å². The lowest BCUT2D eigenvalue weighted by Gasteiger charge is -2.27. The van der Waals surface area contributed by atoms with Crippen LogP contribution in [0.1, 0.15) is 32.8 Å². The average Bonchev–Trinajstić information content (AvgIpc) is 2.39. The Morgan fingerprint density at radius 3 is 2.43 bits per heavy atom. The number of benzene rings is 1. The molecule has 1 rings (SSSR count). The van der Waals surface area contributed by atoms with Crippen LogP contribution in [-0.4, -0.2) is 34.8 Å². The molecule has 0 heterocycles. The van der Waals surface area contributed by atoms with Crippen LogP contribution < -0.4 is 0 Å². The molecule has 0 radical (unpaired) electrons. The van der Waals surface area contributed by atoms with Crippen LogP contribution in [0.2, 0.25) is 10.0 Å². The van der Waals surface area contributed by atoms with Gasteiger partial charge in [-0.05, 0) is 63.2 Å². The molecule has 23 heavy (non-hydrogen) atoms. The number of halogens is 2. The Labute approximate surface area is 152 Å². The van der Waals surface area contributed by atoms with Gasteiger partial charge in [-0.2, -0.15) is 0 Å². The summed E-state index contributed by atoms with van der Waals surface area (Å²) < 4.78 is 5.44. The number of carbonyl (C=O) groups excluding carboxylic acids is 1. The molecule has 0 aliphatic rings. The quantitative estimate of drug-likeness (QED) is 0.389. The van der Waals surface area contributed by atoms with Crippen molar-refractivity contribution in [3.63, 3.8) is 0 Å². The lowest BCUT2D eigenvalue weighted by atomic mass is 10.2. The molecule has 126 valence electrons. The van der Waals surface area contributed by atoms with Gasteiger partial charge in [0.1, 0.15) is 5.60 Å². The zero-order chi connectivity index (χ0) is 17.5. The topological polar surface area (TPSA) is 41.9 Å². The summed E-state index contributed by atoms with van der Waals surface area (Å²) in [6, 6.07) is 5.21. The molecule has 0 spiro atoms. The summed E-state index contributed by atoms with van der Waals surface area (Å²) in [6.07, 6.45) is 0.275. The van der Waals surface area contributed by atoms with Crippen LogP contribution in [0.5, 0.6) is 0 Å². The molecule has 0 saturated heterocycles. The number of nitrogens with zero attached hydrogens (tertiary/aromatic N) is 2. The monoisotopic (exact) mass is 374 g/mol. The third kappa shape index (κ3) is 8.33. The van der Waals surface area contributed by atoms with Gasteiger partial charge in [0.15, 0.2) is 0 Å². The SMILES string of the molecule is CC(C)(C)OC(=O)N(CCCN=C=S)Cc1cc(Cl)cc(Cl)c1. The minimum Gasteiger partial charge on any atom is -0.444 e. The second-order valence-corrected chi connectivity index (χ2v) is 7.06. The smallest absolute Gasteiger partial charge is 0.410 e. The van der Waals surface area contributed by atoms with Gasteiger partial charge in [-0.25, -0.2) is 9.79 Å². The van der Waals surface area contributed by atoms with Crippen molar-refractivity contribution >= 4 is 46.7 Å². The van der Waals surface area contributed by atoms with E-state index in [4.69, 9.17) is 27.9 Å². The van der Waals surface area contributed by atoms with E-state index in [1.54, 1.807) is 23.1 Å². The van der Waals surface area contributed by atoms with Crippen molar-refractivity contribution in [2.24, 2.45) is 4.99 Å². The second kappa shape index (κ2) is 9.24. The summed E-state index contributed by atoms with van der Waals surface area (Å²) in [5.41, 5.74) is 0.278. The van der Waals surface area contributed by atoms with Crippen LogP contribution in [0.4, 0.5) is 4.79 Å². The van der Waals surface area contributed by atoms with Gasteiger partial charge in [0, 0.05) is 23.1 Å². The average molecular weight is 375 g/mol. The molecule has 0 unspecified atom stereocenters. The van der Waals surface area contributed by atoms with Gasteiger partial charge in [0.2, 0.25) is 0 Å². The van der Waals surface area contributed by atoms with Gasteiger partial charge in [-0.1, -0.05) is 23.2 Å². The predicted octanol–water partition coefficient (Wildman–Crippen LogP) is 5.22. The summed E-state index contributed by atoms with van der Waals surface area (Å²) in [5.74, 6) is 0. The van der Waals surface area contributed by atoms with Crippen LogP contribution >= 0.6 is 35.4 Å². The summed E-state index contributed by atoms with van der Waals surface area (Å²) >= 11 is 16.6. The zero-order valence-electron chi connectivity index (χ0n) is 13.4. The third-order valence-electron chi connectivity index (χ3n) is 2.71. The summed E-state index contributed by atoms with van der Waals surface area (Å²) in [7, 11) is 0. The van der Waals surface area contributed by atoms with Crippen molar-refractivity contribution in [1.29, 1.82) is 0 Å². The van der Waals surface area contributed by atoms with Crippen molar-refractivity contribution in [3.05, 3.63) is 33.8 Å². The number of hydrogen-bond donors (Lipinski definition) is 0. The maximum atomic E-state index is 12.4. The van der Waals surface area contributed by atoms with E-state index in [9.17, 15) is 4.79 Å². The van der Waals surface area contributed by atoms with Crippen LogP contribution in [-0.2, 0) is 11.3 Å². The molecule has 0 saturated carbocycles. The molecular formula is C16H20Cl2N2O2S. The number of thiocarbonyl (C=S) groups is 1. The Kier molecular flexibility index (Phi) is 8.00. The largest absolute Gasteiger partial charge is 0.444 e. The van der Waals surface area contributed by atoms with Crippen molar-refractivity contribution < 1.29 is 9.53 Å². The first kappa shape index (κ1) is 19.9. The van der Waals surface area contributed by atoms with Crippen LogP contribution in [0.3, 0.4) is 0 Å². The van der Waals surface area contributed by atoms with Gasteiger partial charge >= 0.3 is 6.09 Å². The fourth-order valence-corrected chi connectivity index (χ4v) is 2.53. The van der Waals surface area contributed by atoms with Crippen LogP contribution in [0.15, 0.2) is 23.2 Å². The van der Waals surface area contributed by atoms with Gasteiger partial charge in [-0.3, -0.25) is 0 Å². The second-order valence-electron chi connectivity index (χ2n) is 6.01. The Balaban J connectivity index is 2.84. The lowest BCUT2D eigenvalue weighted by Crippen LogP contribution is -2.37. The Morgan fingerprint density at radius 1 is 1.30 bits per heavy atom. The van der Waals surface area contributed by atoms with Crippen LogP contribution in [0, 0.1) is 0 Å². The standard InChI is InChI=1S/C16H20Cl2N2O2S/c1-16(2,3)22-15(21)20(6-4-5-19-11-23)10-12-7-13(17)9-14(18)8-12/h7-9H,4-6,10H2,1-3H3. The minimum atomic E-state index is -0.562. The molecular weight excluding hydrogens is 355 g/mol. The molecule has 0 fully saturated rings. The number of ether oxygens (including phenoxy) is 1. The number of rotatable bonds is 6. The molecule has 0 aromatic heterocycles. The lowest BCUT2D eigenvalue weighted by molar-refractivity contribution is 0.0233. The number of hydrogen-bond acceptors (Lipinski definition) is 4. The predicted molar refractivity (Wildman–Crippen MR) is 97.6 cm³/mol. The molecule has 1 aromatic rings. The normalized spacial score (nSPS) is 10.8. The third-order valence-corrected chi connectivity index (χ3v) is 3.28. The van der Waals surface area contributed by atoms with Gasteiger partial charge in [0.25, 0.3) is 0 Å². The van der Waals surface area contributed by atoms with Crippen molar-refractivity contribution in [2.45, 2.75) is 39.3 Å². The maximum absolute atomic E-state index is 12.4. The summed E-state index contributed by atoms with van der Waals surface area (Å²) in [5, 5.41) is 3.37. The van der Waals surface area contributed by atoms with E-state index in [1.165, 1.54) is 0 Å². The first-order valence-corrected chi connectivity index (χ1v) is 8.34. The Bertz CT molecular complexity index is 576. The van der Waals surface area contributed by atoms with E-state index >= 15 is 0 Å². The number of aliphatic imine (C=N–C) groups is 1. The van der Waals surface area contributed by atoms with E-state index in [0.29, 0.717) is 36.1 Å². The molecule has 0 N–H and O–H groups in total. The van der Waals surface area contributed by atoms with E-state index in [0.717, 1.165) is 5.56 Å². The van der Waals surface area contributed by atoms with Crippen LogP contribution in [0.25, 0.3) is 0 Å². The molecule has 0 atom stereocenters. The first-order chi connectivity index (χ1) is 10.7. The maximum Gasteiger partial charge on any atom is 0.410 e. The van der Waals surface area contributed by atoms with Crippen molar-refractivity contribution in [3.8, 4) is 0 Å². The van der Waals surface area contributed by atoms with Gasteiger partial charge < -0.3 is 9.64 Å². The fraction of sp³-hybridized carbons (Fsp3) is 0.500. The van der Waals surface area contributed by atoms with Crippen molar-refractivity contribution in [2.75, 3.05) is 13.1 Å². The first-order valence-electron chi connectivity index (χ1n) is 7.18. The Hall–Kier alpha value is -1.13. The number of amides is 1. The van der Waals surface area contributed by atoms with Crippen molar-refractivity contribution in [1.82, 2.24) is 4.90 Å². The molecule has 1 amide bonds. The minimum absolute atomic E-state index is 0.358. The van der Waals surface area contributed by atoms with Gasteiger partial charge in [-0.15, -0.1) is 0 Å². The highest BCUT2D eigenvalue weighted by Gasteiger charge is 2.22. The molecule has 0 aliphatic heterocycles. The summed E-state index contributed by atoms with van der Waals surface area (Å²) in [4.78, 5) is 17.8. The highest BCUT2D eigenvalue weighted by Crippen LogP contribution is 2.21. The highest BCUT2D eigenvalue weighted by molar-refractivity contribution is 7.78. The molecule has 4 nitrogen and oxygen atoms in total. The highest BCUT2D eigenvalue weighted by atomic mass is 35.5. The number of carbonyl (C=O) groups is 1. The zero-order valence-corrected chi connectivity index (χ0v) is 15.8. The fourth-order valence-electron chi connectivity index (χ4n) is 1.87. The molecule has 0 bridgehead atoms. The van der Waals surface area contributed by atoms with E-state index < -0.39 is 5.60 Å². The number of isothiocyanates is 1. The Morgan fingerprint density at radius 2 is 1.91 bits per heavy atom. The molecule has 1 aromatic carbocycles. The summed E-state index contributed by atoms with van der Waals surface area (Å²) in [6.45, 7) is 6.84. The van der Waals surface area contributed by atoms with E-state index in [2.05, 4.69) is 22.4 Å². The molecule has 0 aliphatic carbocycles.